The van der Waals surface area contributed by atoms with Gasteiger partial charge in [0, 0.05) is 32.0 Å². The normalized spacial score (nSPS) is 18.6. The highest BCUT2D eigenvalue weighted by Gasteiger charge is 2.28. The lowest BCUT2D eigenvalue weighted by Gasteiger charge is -2.26. The van der Waals surface area contributed by atoms with E-state index >= 15 is 0 Å². The second-order valence-corrected chi connectivity index (χ2v) is 9.22. The van der Waals surface area contributed by atoms with Crippen molar-refractivity contribution in [3.63, 3.8) is 0 Å². The van der Waals surface area contributed by atoms with Gasteiger partial charge in [-0.15, -0.1) is 0 Å². The number of hydrogen-bond acceptors (Lipinski definition) is 4. The van der Waals surface area contributed by atoms with Crippen LogP contribution in [0.2, 0.25) is 0 Å². The molecule has 1 saturated carbocycles. The summed E-state index contributed by atoms with van der Waals surface area (Å²) in [6, 6.07) is 20.7. The molecule has 2 aromatic heterocycles. The molecule has 4 aromatic rings. The van der Waals surface area contributed by atoms with Gasteiger partial charge in [-0.2, -0.15) is 0 Å². The molecule has 0 spiro atoms. The fourth-order valence-corrected chi connectivity index (χ4v) is 5.04. The van der Waals surface area contributed by atoms with E-state index in [2.05, 4.69) is 28.8 Å². The maximum absolute atomic E-state index is 13.6. The van der Waals surface area contributed by atoms with Crippen LogP contribution in [0.5, 0.6) is 0 Å². The van der Waals surface area contributed by atoms with Gasteiger partial charge >= 0.3 is 0 Å². The van der Waals surface area contributed by atoms with Gasteiger partial charge in [-0.1, -0.05) is 67.1 Å². The Morgan fingerprint density at radius 1 is 0.939 bits per heavy atom. The third-order valence-electron chi connectivity index (χ3n) is 6.85. The van der Waals surface area contributed by atoms with Crippen molar-refractivity contribution in [2.75, 3.05) is 0 Å². The maximum Gasteiger partial charge on any atom is 0.279 e. The molecule has 0 radical (unpaired) electrons. The standard InChI is InChI=1S/C27H31N5O/c1-31-23(16-15-19-9-4-2-5-10-19)29-25-24(27(31)33)32(18-20-11-6-3-7-12-20)26(30-25)21-13-8-14-22(28)17-21/h2-7,9-12,21-22H,8,13-18,28H2,1H3. The fourth-order valence-electron chi connectivity index (χ4n) is 5.04. The molecule has 2 aromatic carbocycles. The van der Waals surface area contributed by atoms with E-state index < -0.39 is 0 Å². The van der Waals surface area contributed by atoms with Gasteiger partial charge < -0.3 is 10.3 Å². The second kappa shape index (κ2) is 9.32. The molecule has 1 fully saturated rings. The van der Waals surface area contributed by atoms with Crippen molar-refractivity contribution in [2.24, 2.45) is 12.8 Å². The lowest BCUT2D eigenvalue weighted by atomic mass is 9.85. The Bertz CT molecular complexity index is 1290. The lowest BCUT2D eigenvalue weighted by Crippen LogP contribution is -2.29. The zero-order chi connectivity index (χ0) is 22.8. The van der Waals surface area contributed by atoms with E-state index in [-0.39, 0.29) is 17.5 Å². The van der Waals surface area contributed by atoms with E-state index in [1.807, 2.05) is 43.4 Å². The van der Waals surface area contributed by atoms with Crippen LogP contribution in [0.4, 0.5) is 0 Å². The number of nitrogens with two attached hydrogens (primary N) is 1. The molecule has 1 aliphatic carbocycles. The smallest absolute Gasteiger partial charge is 0.279 e. The predicted molar refractivity (Wildman–Crippen MR) is 131 cm³/mol. The van der Waals surface area contributed by atoms with E-state index in [9.17, 15) is 4.79 Å². The Morgan fingerprint density at radius 2 is 1.64 bits per heavy atom. The molecule has 33 heavy (non-hydrogen) atoms. The molecule has 0 amide bonds. The number of nitrogens with zero attached hydrogens (tertiary/aromatic N) is 4. The Hall–Kier alpha value is -3.25. The van der Waals surface area contributed by atoms with Gasteiger partial charge in [0.1, 0.15) is 11.6 Å². The van der Waals surface area contributed by atoms with Crippen molar-refractivity contribution in [3.05, 3.63) is 93.8 Å². The molecule has 2 N–H and O–H groups in total. The average Bonchev–Trinajstić information content (AvgIpc) is 3.20. The fraction of sp³-hybridized carbons (Fsp3) is 0.370. The van der Waals surface area contributed by atoms with Gasteiger partial charge in [0.15, 0.2) is 11.2 Å². The van der Waals surface area contributed by atoms with Crippen LogP contribution >= 0.6 is 0 Å². The van der Waals surface area contributed by atoms with Crippen molar-refractivity contribution in [1.29, 1.82) is 0 Å². The third-order valence-corrected chi connectivity index (χ3v) is 6.85. The molecule has 6 nitrogen and oxygen atoms in total. The molecule has 170 valence electrons. The quantitative estimate of drug-likeness (QED) is 0.491. The number of aromatic nitrogens is 4. The van der Waals surface area contributed by atoms with E-state index in [1.54, 1.807) is 4.57 Å². The summed E-state index contributed by atoms with van der Waals surface area (Å²) in [5.41, 5.74) is 9.82. The van der Waals surface area contributed by atoms with Crippen LogP contribution in [0.15, 0.2) is 65.5 Å². The third kappa shape index (κ3) is 4.48. The number of rotatable bonds is 6. The summed E-state index contributed by atoms with van der Waals surface area (Å²) in [4.78, 5) is 23.4. The van der Waals surface area contributed by atoms with E-state index in [0.29, 0.717) is 24.1 Å². The molecule has 1 aliphatic rings. The molecular weight excluding hydrogens is 410 g/mol. The van der Waals surface area contributed by atoms with Crippen LogP contribution in [0.25, 0.3) is 11.2 Å². The minimum atomic E-state index is -0.0298. The molecular formula is C27H31N5O. The first kappa shape index (κ1) is 21.6. The van der Waals surface area contributed by atoms with Crippen LogP contribution in [-0.4, -0.2) is 25.1 Å². The molecule has 0 saturated heterocycles. The van der Waals surface area contributed by atoms with Crippen molar-refractivity contribution < 1.29 is 0 Å². The number of fused-ring (bicyclic) bond motifs is 1. The van der Waals surface area contributed by atoms with Crippen molar-refractivity contribution in [2.45, 2.75) is 57.0 Å². The molecule has 2 atom stereocenters. The summed E-state index contributed by atoms with van der Waals surface area (Å²) in [6.45, 7) is 0.610. The number of aryl methyl sites for hydroxylation is 2. The van der Waals surface area contributed by atoms with Crippen LogP contribution in [0.1, 0.15) is 54.4 Å². The predicted octanol–water partition coefficient (Wildman–Crippen LogP) is 3.95. The number of hydrogen-bond donors (Lipinski definition) is 1. The summed E-state index contributed by atoms with van der Waals surface area (Å²) < 4.78 is 3.80. The lowest BCUT2D eigenvalue weighted by molar-refractivity contribution is 0.376. The summed E-state index contributed by atoms with van der Waals surface area (Å²) in [6.07, 6.45) is 5.63. The summed E-state index contributed by atoms with van der Waals surface area (Å²) in [5, 5.41) is 0. The number of benzene rings is 2. The van der Waals surface area contributed by atoms with Gasteiger partial charge in [0.2, 0.25) is 0 Å². The van der Waals surface area contributed by atoms with Crippen LogP contribution in [-0.2, 0) is 26.4 Å². The Labute approximate surface area is 194 Å². The van der Waals surface area contributed by atoms with Gasteiger partial charge in [0.05, 0.1) is 0 Å². The minimum absolute atomic E-state index is 0.0298. The SMILES string of the molecule is Cn1c(CCc2ccccc2)nc2nc(C3CCCC(N)C3)n(Cc3ccccc3)c2c1=O. The first-order valence-corrected chi connectivity index (χ1v) is 11.9. The number of imidazole rings is 1. The molecule has 0 bridgehead atoms. The van der Waals surface area contributed by atoms with Gasteiger partial charge in [-0.25, -0.2) is 9.97 Å². The monoisotopic (exact) mass is 441 g/mol. The summed E-state index contributed by atoms with van der Waals surface area (Å²) >= 11 is 0. The van der Waals surface area contributed by atoms with E-state index in [4.69, 9.17) is 15.7 Å². The van der Waals surface area contributed by atoms with Gasteiger partial charge in [0.25, 0.3) is 5.56 Å². The van der Waals surface area contributed by atoms with E-state index in [1.165, 1.54) is 5.56 Å². The molecule has 6 heteroatoms. The largest absolute Gasteiger partial charge is 0.328 e. The summed E-state index contributed by atoms with van der Waals surface area (Å²) in [7, 11) is 1.82. The zero-order valence-electron chi connectivity index (χ0n) is 19.2. The molecule has 2 unspecified atom stereocenters. The zero-order valence-corrected chi connectivity index (χ0v) is 19.2. The van der Waals surface area contributed by atoms with Crippen molar-refractivity contribution in [1.82, 2.24) is 19.1 Å². The van der Waals surface area contributed by atoms with Crippen molar-refractivity contribution >= 4 is 11.2 Å². The topological polar surface area (TPSA) is 78.7 Å². The van der Waals surface area contributed by atoms with Gasteiger partial charge in [-0.3, -0.25) is 9.36 Å². The van der Waals surface area contributed by atoms with Crippen LogP contribution in [0, 0.1) is 0 Å². The van der Waals surface area contributed by atoms with Crippen LogP contribution in [0.3, 0.4) is 0 Å². The Kier molecular flexibility index (Phi) is 6.09. The molecule has 0 aliphatic heterocycles. The second-order valence-electron chi connectivity index (χ2n) is 9.22. The Balaban J connectivity index is 1.58. The Morgan fingerprint density at radius 3 is 2.33 bits per heavy atom. The first-order valence-electron chi connectivity index (χ1n) is 11.9. The van der Waals surface area contributed by atoms with E-state index in [0.717, 1.165) is 49.3 Å². The molecule has 2 heterocycles. The average molecular weight is 442 g/mol. The summed E-state index contributed by atoms with van der Waals surface area (Å²) in [5.74, 6) is 1.98. The highest BCUT2D eigenvalue weighted by molar-refractivity contribution is 5.71. The first-order chi connectivity index (χ1) is 16.1. The van der Waals surface area contributed by atoms with Gasteiger partial charge in [-0.05, 0) is 36.8 Å². The van der Waals surface area contributed by atoms with Crippen molar-refractivity contribution in [3.8, 4) is 0 Å². The maximum atomic E-state index is 13.6. The molecule has 5 rings (SSSR count). The highest BCUT2D eigenvalue weighted by atomic mass is 16.1. The van der Waals surface area contributed by atoms with Crippen LogP contribution < -0.4 is 11.3 Å². The minimum Gasteiger partial charge on any atom is -0.328 e. The highest BCUT2D eigenvalue weighted by Crippen LogP contribution is 2.33.